The van der Waals surface area contributed by atoms with Crippen molar-refractivity contribution >= 4 is 23.9 Å². The van der Waals surface area contributed by atoms with Crippen LogP contribution in [-0.2, 0) is 14.4 Å². The summed E-state index contributed by atoms with van der Waals surface area (Å²) in [4.78, 5) is 40.1. The van der Waals surface area contributed by atoms with Crippen LogP contribution in [0.2, 0.25) is 0 Å². The lowest BCUT2D eigenvalue weighted by atomic mass is 10.2. The number of carbonyl (C=O) groups excluding carboxylic acids is 1. The van der Waals surface area contributed by atoms with Crippen molar-refractivity contribution in [1.29, 1.82) is 0 Å². The first-order valence-corrected chi connectivity index (χ1v) is 8.91. The second-order valence-corrected chi connectivity index (χ2v) is 5.72. The highest BCUT2D eigenvalue weighted by Gasteiger charge is 2.09. The number of primary amides is 1. The van der Waals surface area contributed by atoms with E-state index in [0.29, 0.717) is 32.4 Å². The SMILES string of the molecule is CCC(N)C(=O)O.NC(=O)NCCC[C@H](N)C(=O)O.NCCCCCC(=O)O. The fraction of sp³-hybridized carbons (Fsp3) is 0.750. The topological polar surface area (TPSA) is 245 Å². The Morgan fingerprint density at radius 2 is 1.43 bits per heavy atom. The quantitative estimate of drug-likeness (QED) is 0.187. The summed E-state index contributed by atoms with van der Waals surface area (Å²) in [6.45, 7) is 2.76. The molecule has 0 fully saturated rings. The molecule has 1 unspecified atom stereocenters. The lowest BCUT2D eigenvalue weighted by Gasteiger charge is -2.05. The Hall–Kier alpha value is -2.44. The largest absolute Gasteiger partial charge is 0.481 e. The smallest absolute Gasteiger partial charge is 0.320 e. The lowest BCUT2D eigenvalue weighted by Crippen LogP contribution is -2.33. The second-order valence-electron chi connectivity index (χ2n) is 5.72. The maximum atomic E-state index is 10.2. The number of amides is 2. The fourth-order valence-corrected chi connectivity index (χ4v) is 1.43. The Morgan fingerprint density at radius 3 is 1.75 bits per heavy atom. The van der Waals surface area contributed by atoms with Gasteiger partial charge in [0.05, 0.1) is 0 Å². The first-order valence-electron chi connectivity index (χ1n) is 8.91. The van der Waals surface area contributed by atoms with Crippen molar-refractivity contribution in [2.45, 2.75) is 64.0 Å². The molecule has 0 aliphatic rings. The lowest BCUT2D eigenvalue weighted by molar-refractivity contribution is -0.139. The zero-order chi connectivity index (χ0) is 22.5. The molecule has 12 nitrogen and oxygen atoms in total. The third-order valence-corrected chi connectivity index (χ3v) is 3.16. The molecule has 0 radical (unpaired) electrons. The summed E-state index contributed by atoms with van der Waals surface area (Å²) >= 11 is 0. The molecule has 0 saturated carbocycles. The maximum Gasteiger partial charge on any atom is 0.320 e. The summed E-state index contributed by atoms with van der Waals surface area (Å²) < 4.78 is 0. The molecule has 0 rings (SSSR count). The summed E-state index contributed by atoms with van der Waals surface area (Å²) in [5.41, 5.74) is 20.2. The van der Waals surface area contributed by atoms with Gasteiger partial charge in [-0.1, -0.05) is 13.3 Å². The number of nitrogens with two attached hydrogens (primary N) is 4. The average molecular weight is 409 g/mol. The third kappa shape index (κ3) is 28.4. The van der Waals surface area contributed by atoms with E-state index in [1.807, 2.05) is 0 Å². The zero-order valence-corrected chi connectivity index (χ0v) is 16.3. The van der Waals surface area contributed by atoms with Crippen molar-refractivity contribution in [2.24, 2.45) is 22.9 Å². The molecule has 0 heterocycles. The number of rotatable bonds is 12. The van der Waals surface area contributed by atoms with E-state index in [1.54, 1.807) is 6.92 Å². The Bertz CT molecular complexity index is 449. The minimum absolute atomic E-state index is 0.278. The zero-order valence-electron chi connectivity index (χ0n) is 16.3. The van der Waals surface area contributed by atoms with Crippen LogP contribution in [0.15, 0.2) is 0 Å². The molecule has 2 atom stereocenters. The number of aliphatic carboxylic acids is 3. The normalized spacial score (nSPS) is 11.6. The average Bonchev–Trinajstić information content (AvgIpc) is 2.62. The van der Waals surface area contributed by atoms with Crippen molar-refractivity contribution in [3.05, 3.63) is 0 Å². The number of urea groups is 1. The molecular weight excluding hydrogens is 374 g/mol. The Morgan fingerprint density at radius 1 is 0.893 bits per heavy atom. The van der Waals surface area contributed by atoms with Crippen molar-refractivity contribution in [1.82, 2.24) is 5.32 Å². The highest BCUT2D eigenvalue weighted by molar-refractivity contribution is 5.73. The van der Waals surface area contributed by atoms with E-state index in [1.165, 1.54) is 0 Å². The standard InChI is InChI=1S/C6H13N3O3.C6H13NO2.C4H9NO2/c7-4(5(10)11)2-1-3-9-6(8)12;7-5-3-1-2-4-6(8)9;1-2-3(5)4(6)7/h4H,1-3,7H2,(H,10,11)(H3,8,9,12);1-5,7H2,(H,8,9);3H,2,5H2,1H3,(H,6,7)/t4-;;/m0../s1. The van der Waals surface area contributed by atoms with Gasteiger partial charge in [-0.05, 0) is 38.6 Å². The summed E-state index contributed by atoms with van der Waals surface area (Å²) in [6, 6.07) is -2.15. The van der Waals surface area contributed by atoms with E-state index < -0.39 is 36.0 Å². The predicted octanol–water partition coefficient (Wildman–Crippen LogP) is -0.755. The molecule has 12 N–H and O–H groups in total. The first-order chi connectivity index (χ1) is 13.0. The van der Waals surface area contributed by atoms with Crippen LogP contribution in [0.1, 0.15) is 51.9 Å². The van der Waals surface area contributed by atoms with Gasteiger partial charge in [0.1, 0.15) is 12.1 Å². The molecule has 0 bridgehead atoms. The van der Waals surface area contributed by atoms with Gasteiger partial charge < -0.3 is 43.6 Å². The van der Waals surface area contributed by atoms with Crippen LogP contribution in [0, 0.1) is 0 Å². The van der Waals surface area contributed by atoms with Crippen LogP contribution in [0.4, 0.5) is 4.79 Å². The van der Waals surface area contributed by atoms with Gasteiger partial charge in [-0.3, -0.25) is 14.4 Å². The van der Waals surface area contributed by atoms with Crippen LogP contribution < -0.4 is 28.3 Å². The predicted molar refractivity (Wildman–Crippen MR) is 103 cm³/mol. The summed E-state index contributed by atoms with van der Waals surface area (Å²) in [7, 11) is 0. The Kier molecular flexibility index (Phi) is 22.6. The van der Waals surface area contributed by atoms with Gasteiger partial charge in [0.15, 0.2) is 0 Å². The molecular formula is C16H35N5O7. The number of carboxylic acids is 3. The van der Waals surface area contributed by atoms with Gasteiger partial charge in [0, 0.05) is 13.0 Å². The van der Waals surface area contributed by atoms with E-state index >= 15 is 0 Å². The van der Waals surface area contributed by atoms with Crippen molar-refractivity contribution in [3.8, 4) is 0 Å². The highest BCUT2D eigenvalue weighted by Crippen LogP contribution is 1.97. The van der Waals surface area contributed by atoms with E-state index in [2.05, 4.69) is 5.32 Å². The molecule has 28 heavy (non-hydrogen) atoms. The van der Waals surface area contributed by atoms with E-state index in [-0.39, 0.29) is 6.42 Å². The molecule has 0 aliphatic carbocycles. The molecule has 0 aromatic heterocycles. The Balaban J connectivity index is -0.000000349. The number of nitrogens with one attached hydrogen (secondary N) is 1. The van der Waals surface area contributed by atoms with Gasteiger partial charge in [-0.2, -0.15) is 0 Å². The van der Waals surface area contributed by atoms with Gasteiger partial charge >= 0.3 is 23.9 Å². The van der Waals surface area contributed by atoms with Gasteiger partial charge in [0.2, 0.25) is 0 Å². The minimum atomic E-state index is -1.03. The van der Waals surface area contributed by atoms with Crippen molar-refractivity contribution < 1.29 is 34.5 Å². The first kappa shape index (κ1) is 30.3. The fourth-order valence-electron chi connectivity index (χ4n) is 1.43. The third-order valence-electron chi connectivity index (χ3n) is 3.16. The van der Waals surface area contributed by atoms with Crippen molar-refractivity contribution in [2.75, 3.05) is 13.1 Å². The van der Waals surface area contributed by atoms with Gasteiger partial charge in [0.25, 0.3) is 0 Å². The number of hydrogen-bond donors (Lipinski definition) is 8. The van der Waals surface area contributed by atoms with E-state index in [4.69, 9.17) is 38.3 Å². The highest BCUT2D eigenvalue weighted by atomic mass is 16.4. The monoisotopic (exact) mass is 409 g/mol. The minimum Gasteiger partial charge on any atom is -0.481 e. The number of unbranched alkanes of at least 4 members (excludes halogenated alkanes) is 2. The molecule has 12 heteroatoms. The molecule has 0 spiro atoms. The summed E-state index contributed by atoms with van der Waals surface area (Å²) in [5.74, 6) is -2.68. The van der Waals surface area contributed by atoms with Crippen LogP contribution in [0.25, 0.3) is 0 Å². The van der Waals surface area contributed by atoms with Crippen LogP contribution >= 0.6 is 0 Å². The van der Waals surface area contributed by atoms with Crippen LogP contribution in [0.3, 0.4) is 0 Å². The maximum absolute atomic E-state index is 10.2. The number of carbonyl (C=O) groups is 4. The van der Waals surface area contributed by atoms with Gasteiger partial charge in [-0.15, -0.1) is 0 Å². The molecule has 0 aromatic carbocycles. The second kappa shape index (κ2) is 20.9. The molecule has 0 aromatic rings. The van der Waals surface area contributed by atoms with E-state index in [0.717, 1.165) is 19.3 Å². The molecule has 0 aliphatic heterocycles. The Labute approximate surface area is 164 Å². The van der Waals surface area contributed by atoms with E-state index in [9.17, 15) is 19.2 Å². The molecule has 0 saturated heterocycles. The summed E-state index contributed by atoms with van der Waals surface area (Å²) in [6.07, 6.45) is 4.24. The molecule has 2 amide bonds. The number of carboxylic acid groups (broad SMARTS) is 3. The van der Waals surface area contributed by atoms with Crippen molar-refractivity contribution in [3.63, 3.8) is 0 Å². The van der Waals surface area contributed by atoms with Gasteiger partial charge in [-0.25, -0.2) is 4.79 Å². The summed E-state index contributed by atoms with van der Waals surface area (Å²) in [5, 5.41) is 26.9. The molecule has 166 valence electrons. The number of hydrogen-bond acceptors (Lipinski definition) is 7. The van der Waals surface area contributed by atoms with Crippen LogP contribution in [0.5, 0.6) is 0 Å². The van der Waals surface area contributed by atoms with Crippen LogP contribution in [-0.4, -0.2) is 64.4 Å².